The molecule has 2 N–H and O–H groups in total. The highest BCUT2D eigenvalue weighted by Gasteiger charge is 2.21. The van der Waals surface area contributed by atoms with Crippen LogP contribution in [-0.2, 0) is 0 Å². The Morgan fingerprint density at radius 2 is 1.90 bits per heavy atom. The molecule has 3 aromatic rings. The van der Waals surface area contributed by atoms with Gasteiger partial charge in [-0.05, 0) is 29.7 Å². The lowest BCUT2D eigenvalue weighted by atomic mass is 9.87. The number of aromatic amines is 1. The van der Waals surface area contributed by atoms with E-state index in [-0.39, 0.29) is 5.92 Å². The molecule has 2 aromatic carbocycles. The largest absolute Gasteiger partial charge is 0.417 e. The summed E-state index contributed by atoms with van der Waals surface area (Å²) in [5, 5.41) is 10.7. The number of oxazole rings is 1. The van der Waals surface area contributed by atoms with Crippen LogP contribution in [0, 0.1) is 0 Å². The van der Waals surface area contributed by atoms with Gasteiger partial charge in [-0.1, -0.05) is 43.3 Å². The third-order valence-electron chi connectivity index (χ3n) is 3.84. The van der Waals surface area contributed by atoms with E-state index in [1.165, 1.54) is 0 Å². The van der Waals surface area contributed by atoms with Crippen molar-refractivity contribution in [3.8, 4) is 0 Å². The average Bonchev–Trinajstić information content (AvgIpc) is 2.88. The molecule has 0 aliphatic rings. The van der Waals surface area contributed by atoms with Gasteiger partial charge < -0.3 is 9.52 Å². The first-order valence-corrected chi connectivity index (χ1v) is 7.05. The lowest BCUT2D eigenvalue weighted by molar-refractivity contribution is 0.142. The first-order chi connectivity index (χ1) is 10.2. The molecule has 1 heterocycles. The van der Waals surface area contributed by atoms with Crippen molar-refractivity contribution in [3.05, 3.63) is 70.2 Å². The van der Waals surface area contributed by atoms with Gasteiger partial charge in [-0.3, -0.25) is 4.98 Å². The molecule has 4 heteroatoms. The maximum atomic E-state index is 11.2. The average molecular weight is 283 g/mol. The molecule has 0 radical (unpaired) electrons. The molecule has 0 spiro atoms. The van der Waals surface area contributed by atoms with Crippen LogP contribution in [0.2, 0.25) is 0 Å². The standard InChI is InChI=1S/C17H17NO3/c1-2-13(11-6-4-3-5-7-11)16(19)12-8-9-14-15(10-12)21-17(20)18-14/h3-10,13,16,19H,2H2,1H3,(H,18,20). The minimum absolute atomic E-state index is 0.00862. The minimum Gasteiger partial charge on any atom is -0.408 e. The number of rotatable bonds is 4. The van der Waals surface area contributed by atoms with E-state index in [9.17, 15) is 9.90 Å². The van der Waals surface area contributed by atoms with E-state index >= 15 is 0 Å². The third kappa shape index (κ3) is 2.62. The van der Waals surface area contributed by atoms with Gasteiger partial charge in [-0.25, -0.2) is 4.79 Å². The van der Waals surface area contributed by atoms with E-state index in [2.05, 4.69) is 11.9 Å². The highest BCUT2D eigenvalue weighted by Crippen LogP contribution is 2.34. The highest BCUT2D eigenvalue weighted by molar-refractivity contribution is 5.72. The van der Waals surface area contributed by atoms with Gasteiger partial charge in [0.05, 0.1) is 11.6 Å². The van der Waals surface area contributed by atoms with E-state index in [0.29, 0.717) is 11.1 Å². The van der Waals surface area contributed by atoms with Crippen molar-refractivity contribution in [2.45, 2.75) is 25.4 Å². The second-order valence-corrected chi connectivity index (χ2v) is 5.14. The van der Waals surface area contributed by atoms with Crippen molar-refractivity contribution in [2.75, 3.05) is 0 Å². The Morgan fingerprint density at radius 3 is 2.62 bits per heavy atom. The molecule has 21 heavy (non-hydrogen) atoms. The predicted octanol–water partition coefficient (Wildman–Crippen LogP) is 3.35. The maximum absolute atomic E-state index is 11.2. The lowest BCUT2D eigenvalue weighted by Gasteiger charge is -2.22. The number of nitrogens with one attached hydrogen (secondary N) is 1. The van der Waals surface area contributed by atoms with E-state index < -0.39 is 11.9 Å². The first-order valence-electron chi connectivity index (χ1n) is 7.05. The molecule has 0 fully saturated rings. The lowest BCUT2D eigenvalue weighted by Crippen LogP contribution is -2.10. The van der Waals surface area contributed by atoms with Crippen LogP contribution in [0.4, 0.5) is 0 Å². The summed E-state index contributed by atoms with van der Waals surface area (Å²) in [5.74, 6) is -0.471. The maximum Gasteiger partial charge on any atom is 0.417 e. The predicted molar refractivity (Wildman–Crippen MR) is 81.3 cm³/mol. The molecule has 2 atom stereocenters. The Balaban J connectivity index is 1.97. The number of hydrogen-bond donors (Lipinski definition) is 2. The highest BCUT2D eigenvalue weighted by atomic mass is 16.4. The number of hydrogen-bond acceptors (Lipinski definition) is 3. The smallest absolute Gasteiger partial charge is 0.408 e. The fourth-order valence-electron chi connectivity index (χ4n) is 2.72. The molecule has 0 aliphatic heterocycles. The van der Waals surface area contributed by atoms with Crippen LogP contribution in [0.5, 0.6) is 0 Å². The summed E-state index contributed by atoms with van der Waals surface area (Å²) in [4.78, 5) is 13.8. The summed E-state index contributed by atoms with van der Waals surface area (Å²) in [6, 6.07) is 15.3. The van der Waals surface area contributed by atoms with Crippen LogP contribution in [0.1, 0.15) is 36.5 Å². The summed E-state index contributed by atoms with van der Waals surface area (Å²) >= 11 is 0. The quantitative estimate of drug-likeness (QED) is 0.771. The van der Waals surface area contributed by atoms with Crippen LogP contribution in [-0.4, -0.2) is 10.1 Å². The zero-order valence-electron chi connectivity index (χ0n) is 11.7. The van der Waals surface area contributed by atoms with Crippen molar-refractivity contribution in [1.29, 1.82) is 0 Å². The molecule has 0 bridgehead atoms. The van der Waals surface area contributed by atoms with Gasteiger partial charge in [0.15, 0.2) is 5.58 Å². The number of fused-ring (bicyclic) bond motifs is 1. The van der Waals surface area contributed by atoms with Crippen LogP contribution in [0.3, 0.4) is 0 Å². The van der Waals surface area contributed by atoms with Crippen molar-refractivity contribution >= 4 is 11.1 Å². The topological polar surface area (TPSA) is 66.2 Å². The third-order valence-corrected chi connectivity index (χ3v) is 3.84. The molecule has 4 nitrogen and oxygen atoms in total. The zero-order chi connectivity index (χ0) is 14.8. The zero-order valence-corrected chi connectivity index (χ0v) is 11.7. The van der Waals surface area contributed by atoms with Gasteiger partial charge in [0.2, 0.25) is 0 Å². The molecule has 0 aliphatic carbocycles. The van der Waals surface area contributed by atoms with Crippen molar-refractivity contribution in [1.82, 2.24) is 4.98 Å². The Bertz CT molecular complexity index is 788. The summed E-state index contributed by atoms with van der Waals surface area (Å²) in [6.07, 6.45) is 0.183. The van der Waals surface area contributed by atoms with Crippen LogP contribution < -0.4 is 5.76 Å². The number of aromatic nitrogens is 1. The van der Waals surface area contributed by atoms with Crippen molar-refractivity contribution in [3.63, 3.8) is 0 Å². The Hall–Kier alpha value is -2.33. The molecule has 2 unspecified atom stereocenters. The second kappa shape index (κ2) is 5.58. The molecule has 0 amide bonds. The summed E-state index contributed by atoms with van der Waals surface area (Å²) in [6.45, 7) is 2.05. The van der Waals surface area contributed by atoms with E-state index in [4.69, 9.17) is 4.42 Å². The number of benzene rings is 2. The Kier molecular flexibility index (Phi) is 3.62. The van der Waals surface area contributed by atoms with Gasteiger partial charge in [0, 0.05) is 5.92 Å². The van der Waals surface area contributed by atoms with Gasteiger partial charge >= 0.3 is 5.76 Å². The van der Waals surface area contributed by atoms with E-state index in [0.717, 1.165) is 17.5 Å². The summed E-state index contributed by atoms with van der Waals surface area (Å²) in [7, 11) is 0. The van der Waals surface area contributed by atoms with Crippen molar-refractivity contribution < 1.29 is 9.52 Å². The molecular weight excluding hydrogens is 266 g/mol. The minimum atomic E-state index is -0.637. The first kappa shape index (κ1) is 13.6. The SMILES string of the molecule is CCC(c1ccccc1)C(O)c1ccc2[nH]c(=O)oc2c1. The molecule has 3 rings (SSSR count). The van der Waals surface area contributed by atoms with Gasteiger partial charge in [0.1, 0.15) is 0 Å². The van der Waals surface area contributed by atoms with Crippen LogP contribution in [0.15, 0.2) is 57.7 Å². The second-order valence-electron chi connectivity index (χ2n) is 5.14. The Morgan fingerprint density at radius 1 is 1.14 bits per heavy atom. The number of aliphatic hydroxyl groups excluding tert-OH is 1. The fraction of sp³-hybridized carbons (Fsp3) is 0.235. The van der Waals surface area contributed by atoms with Crippen molar-refractivity contribution in [2.24, 2.45) is 0 Å². The van der Waals surface area contributed by atoms with Gasteiger partial charge in [-0.15, -0.1) is 0 Å². The normalized spacial score (nSPS) is 14.2. The molecule has 0 saturated carbocycles. The molecule has 108 valence electrons. The van der Waals surface area contributed by atoms with Crippen LogP contribution >= 0.6 is 0 Å². The molecule has 1 aromatic heterocycles. The molecular formula is C17H17NO3. The van der Waals surface area contributed by atoms with Gasteiger partial charge in [0.25, 0.3) is 0 Å². The Labute approximate surface area is 122 Å². The van der Waals surface area contributed by atoms with E-state index in [1.807, 2.05) is 36.4 Å². The fourth-order valence-corrected chi connectivity index (χ4v) is 2.72. The van der Waals surface area contributed by atoms with Gasteiger partial charge in [-0.2, -0.15) is 0 Å². The number of H-pyrrole nitrogens is 1. The summed E-state index contributed by atoms with van der Waals surface area (Å²) < 4.78 is 5.06. The van der Waals surface area contributed by atoms with Crippen LogP contribution in [0.25, 0.3) is 11.1 Å². The summed E-state index contributed by atoms with van der Waals surface area (Å²) in [5.41, 5.74) is 2.97. The molecule has 0 saturated heterocycles. The number of aliphatic hydroxyl groups is 1. The monoisotopic (exact) mass is 283 g/mol. The van der Waals surface area contributed by atoms with E-state index in [1.54, 1.807) is 12.1 Å².